The lowest BCUT2D eigenvalue weighted by Crippen LogP contribution is -2.31. The number of rotatable bonds is 4. The minimum Gasteiger partial charge on any atom is -0.508 e. The van der Waals surface area contributed by atoms with Crippen molar-refractivity contribution in [1.29, 1.82) is 0 Å². The molecular weight excluding hydrogens is 448 g/mol. The molecule has 2 N–H and O–H groups in total. The number of aryl methyl sites for hydroxylation is 4. The van der Waals surface area contributed by atoms with Gasteiger partial charge >= 0.3 is 0 Å². The number of anilines is 2. The predicted molar refractivity (Wildman–Crippen MR) is 134 cm³/mol. The van der Waals surface area contributed by atoms with Crippen LogP contribution in [0.2, 0.25) is 0 Å². The molecule has 2 heterocycles. The summed E-state index contributed by atoms with van der Waals surface area (Å²) in [5.41, 5.74) is 4.18. The van der Waals surface area contributed by atoms with Crippen molar-refractivity contribution in [2.75, 3.05) is 9.80 Å². The van der Waals surface area contributed by atoms with Gasteiger partial charge in [-0.25, -0.2) is 9.80 Å². The van der Waals surface area contributed by atoms with E-state index in [1.165, 1.54) is 24.3 Å². The Kier molecular flexibility index (Phi) is 8.36. The van der Waals surface area contributed by atoms with Crippen LogP contribution in [0.15, 0.2) is 48.6 Å². The third-order valence-corrected chi connectivity index (χ3v) is 5.56. The van der Waals surface area contributed by atoms with Gasteiger partial charge in [0.25, 0.3) is 23.6 Å². The molecule has 2 aromatic rings. The topological polar surface area (TPSA) is 115 Å². The van der Waals surface area contributed by atoms with Crippen molar-refractivity contribution >= 4 is 35.0 Å². The average Bonchev–Trinajstić information content (AvgIpc) is 3.28. The third kappa shape index (κ3) is 5.32. The molecule has 2 aromatic carbocycles. The van der Waals surface area contributed by atoms with Gasteiger partial charge in [0.2, 0.25) is 0 Å². The van der Waals surface area contributed by atoms with Crippen molar-refractivity contribution < 1.29 is 29.4 Å². The Morgan fingerprint density at radius 1 is 0.600 bits per heavy atom. The molecule has 0 unspecified atom stereocenters. The normalized spacial score (nSPS) is 14.4. The first-order valence-corrected chi connectivity index (χ1v) is 10.9. The maximum atomic E-state index is 11.6. The average molecular weight is 479 g/mol. The van der Waals surface area contributed by atoms with E-state index in [2.05, 4.69) is 0 Å². The number of benzene rings is 2. The molecule has 184 valence electrons. The van der Waals surface area contributed by atoms with Crippen LogP contribution >= 0.6 is 0 Å². The summed E-state index contributed by atoms with van der Waals surface area (Å²) < 4.78 is 0. The van der Waals surface area contributed by atoms with Crippen molar-refractivity contribution in [2.45, 2.75) is 48.0 Å². The van der Waals surface area contributed by atoms with Crippen molar-refractivity contribution in [3.8, 4) is 11.5 Å². The van der Waals surface area contributed by atoms with E-state index in [1.807, 2.05) is 13.8 Å². The van der Waals surface area contributed by atoms with Gasteiger partial charge in [-0.1, -0.05) is 21.3 Å². The number of carbonyl (C=O) groups is 4. The Hall–Kier alpha value is -4.20. The van der Waals surface area contributed by atoms with E-state index < -0.39 is 0 Å². The second kappa shape index (κ2) is 10.8. The van der Waals surface area contributed by atoms with E-state index in [9.17, 15) is 29.4 Å². The van der Waals surface area contributed by atoms with Crippen LogP contribution in [0.3, 0.4) is 0 Å². The largest absolute Gasteiger partial charge is 0.508 e. The highest BCUT2D eigenvalue weighted by molar-refractivity contribution is 6.29. The maximum Gasteiger partial charge on any atom is 0.258 e. The van der Waals surface area contributed by atoms with Crippen molar-refractivity contribution in [1.82, 2.24) is 0 Å². The van der Waals surface area contributed by atoms with Crippen LogP contribution in [-0.2, 0) is 32.0 Å². The molecule has 0 saturated heterocycles. The molecule has 0 fully saturated rings. The van der Waals surface area contributed by atoms with Crippen LogP contribution < -0.4 is 9.80 Å². The number of imide groups is 2. The van der Waals surface area contributed by atoms with E-state index in [1.54, 1.807) is 38.1 Å². The third-order valence-electron chi connectivity index (χ3n) is 5.56. The zero-order valence-corrected chi connectivity index (χ0v) is 19.5. The van der Waals surface area contributed by atoms with Crippen molar-refractivity contribution in [2.24, 2.45) is 0 Å². The Morgan fingerprint density at radius 3 is 1.14 bits per heavy atom. The van der Waals surface area contributed by atoms with Crippen molar-refractivity contribution in [3.05, 3.63) is 70.8 Å². The Bertz CT molecular complexity index is 1130. The second-order valence-corrected chi connectivity index (χ2v) is 7.94. The first-order chi connectivity index (χ1) is 16.1. The van der Waals surface area contributed by atoms with Gasteiger partial charge in [0, 0.05) is 24.3 Å². The Balaban J connectivity index is 0.000000240. The lowest BCUT2D eigenvalue weighted by Gasteiger charge is -2.20. The molecule has 4 amide bonds. The highest BCUT2D eigenvalue weighted by Crippen LogP contribution is 2.33. The minimum absolute atomic E-state index is 0. The molecule has 0 saturated carbocycles. The summed E-state index contributed by atoms with van der Waals surface area (Å²) in [7, 11) is 0. The highest BCUT2D eigenvalue weighted by atomic mass is 16.3. The highest BCUT2D eigenvalue weighted by Gasteiger charge is 2.29. The number of phenols is 2. The number of carbonyl (C=O) groups excluding carboxylic acids is 4. The Morgan fingerprint density at radius 2 is 0.886 bits per heavy atom. The van der Waals surface area contributed by atoms with Crippen LogP contribution in [0.5, 0.6) is 11.5 Å². The fraction of sp³-hybridized carbons (Fsp3) is 0.259. The summed E-state index contributed by atoms with van der Waals surface area (Å²) >= 11 is 0. The minimum atomic E-state index is -0.335. The molecule has 2 aliphatic rings. The molecule has 0 atom stereocenters. The van der Waals surface area contributed by atoms with Crippen LogP contribution in [0.25, 0.3) is 0 Å². The number of hydrogen-bond acceptors (Lipinski definition) is 6. The summed E-state index contributed by atoms with van der Waals surface area (Å²) in [6.45, 7) is 7.37. The molecular formula is C27H30N2O6. The number of hydrogen-bond donors (Lipinski definition) is 2. The molecule has 8 heteroatoms. The summed E-state index contributed by atoms with van der Waals surface area (Å²) in [6, 6.07) is 6.27. The fourth-order valence-corrected chi connectivity index (χ4v) is 4.08. The number of phenolic OH excluding ortho intramolecular Hbond substituents is 2. The maximum absolute atomic E-state index is 11.6. The monoisotopic (exact) mass is 478 g/mol. The first kappa shape index (κ1) is 27.0. The molecule has 0 radical (unpaired) electrons. The van der Waals surface area contributed by atoms with E-state index in [0.29, 0.717) is 35.3 Å². The lowest BCUT2D eigenvalue weighted by molar-refractivity contribution is -0.121. The molecule has 2 aliphatic heterocycles. The molecule has 0 spiro atoms. The zero-order chi connectivity index (χ0) is 25.2. The van der Waals surface area contributed by atoms with Gasteiger partial charge in [0.15, 0.2) is 0 Å². The molecule has 4 rings (SSSR count). The van der Waals surface area contributed by atoms with Gasteiger partial charge in [-0.15, -0.1) is 0 Å². The van der Waals surface area contributed by atoms with E-state index in [4.69, 9.17) is 0 Å². The molecule has 35 heavy (non-hydrogen) atoms. The number of aromatic hydroxyl groups is 2. The van der Waals surface area contributed by atoms with Crippen molar-refractivity contribution in [3.63, 3.8) is 0 Å². The summed E-state index contributed by atoms with van der Waals surface area (Å²) in [5.74, 6) is -1.04. The van der Waals surface area contributed by atoms with Gasteiger partial charge in [-0.2, -0.15) is 0 Å². The van der Waals surface area contributed by atoms with E-state index in [0.717, 1.165) is 20.9 Å². The first-order valence-electron chi connectivity index (χ1n) is 10.9. The number of nitrogens with zero attached hydrogens (tertiary/aromatic N) is 2. The van der Waals surface area contributed by atoms with Gasteiger partial charge in [-0.05, 0) is 73.2 Å². The predicted octanol–water partition coefficient (Wildman–Crippen LogP) is 4.02. The summed E-state index contributed by atoms with van der Waals surface area (Å²) in [5, 5.41) is 19.0. The molecule has 8 nitrogen and oxygen atoms in total. The van der Waals surface area contributed by atoms with Gasteiger partial charge in [0.1, 0.15) is 11.5 Å². The SMILES string of the molecule is C.CCc1cc(O)cc(C)c1N1C(=O)C=CC1=O.CCc1cc(O)cc(C)c1N1C(=O)C=CC1=O. The molecule has 0 bridgehead atoms. The van der Waals surface area contributed by atoms with Crippen LogP contribution in [0.1, 0.15) is 43.5 Å². The number of amides is 4. The fourth-order valence-electron chi connectivity index (χ4n) is 4.08. The van der Waals surface area contributed by atoms with E-state index >= 15 is 0 Å². The molecule has 0 aromatic heterocycles. The van der Waals surface area contributed by atoms with Gasteiger partial charge in [0.05, 0.1) is 11.4 Å². The quantitative estimate of drug-likeness (QED) is 0.642. The van der Waals surface area contributed by atoms with E-state index in [-0.39, 0.29) is 42.6 Å². The summed E-state index contributed by atoms with van der Waals surface area (Å²) in [6.07, 6.45) is 6.31. The van der Waals surface area contributed by atoms with Gasteiger partial charge < -0.3 is 10.2 Å². The Labute approximate surface area is 204 Å². The van der Waals surface area contributed by atoms with Crippen LogP contribution in [-0.4, -0.2) is 33.8 Å². The zero-order valence-electron chi connectivity index (χ0n) is 19.5. The summed E-state index contributed by atoms with van der Waals surface area (Å²) in [4.78, 5) is 48.9. The van der Waals surface area contributed by atoms with Crippen LogP contribution in [0.4, 0.5) is 11.4 Å². The van der Waals surface area contributed by atoms with Gasteiger partial charge in [-0.3, -0.25) is 19.2 Å². The lowest BCUT2D eigenvalue weighted by atomic mass is 10.0. The molecule has 0 aliphatic carbocycles. The standard InChI is InChI=1S/2C13H13NO3.CH4/c2*1-3-9-7-10(15)6-8(2)13(9)14-11(16)4-5-12(14)17;/h2*4-7,15H,3H2,1-2H3;1H4. The van der Waals surface area contributed by atoms with Crippen LogP contribution in [0, 0.1) is 13.8 Å². The second-order valence-electron chi connectivity index (χ2n) is 7.94. The smallest absolute Gasteiger partial charge is 0.258 e.